The van der Waals surface area contributed by atoms with E-state index in [1.165, 1.54) is 0 Å². The number of aliphatic hydroxyl groups is 1. The van der Waals surface area contributed by atoms with E-state index in [-0.39, 0.29) is 38.5 Å². The van der Waals surface area contributed by atoms with Crippen LogP contribution < -0.4 is 10.6 Å². The van der Waals surface area contributed by atoms with E-state index in [0.29, 0.717) is 0 Å². The van der Waals surface area contributed by atoms with Crippen molar-refractivity contribution in [1.29, 1.82) is 0 Å². The van der Waals surface area contributed by atoms with Crippen LogP contribution in [-0.2, 0) is 4.79 Å². The SMILES string of the molecule is CC(C)C(CCO)NC(=O)C1(C(F)(F)F)CCNC1. The van der Waals surface area contributed by atoms with Gasteiger partial charge in [-0.2, -0.15) is 13.2 Å². The minimum absolute atomic E-state index is 0.0317. The zero-order valence-electron chi connectivity index (χ0n) is 11.2. The lowest BCUT2D eigenvalue weighted by molar-refractivity contribution is -0.216. The molecule has 1 aliphatic rings. The van der Waals surface area contributed by atoms with E-state index in [0.717, 1.165) is 0 Å². The van der Waals surface area contributed by atoms with Gasteiger partial charge in [0.15, 0.2) is 5.41 Å². The van der Waals surface area contributed by atoms with E-state index in [1.807, 2.05) is 0 Å². The van der Waals surface area contributed by atoms with Gasteiger partial charge in [0.25, 0.3) is 0 Å². The molecule has 1 heterocycles. The minimum Gasteiger partial charge on any atom is -0.396 e. The van der Waals surface area contributed by atoms with E-state index >= 15 is 0 Å². The molecular formula is C12H21F3N2O2. The normalized spacial score (nSPS) is 25.6. The highest BCUT2D eigenvalue weighted by Crippen LogP contribution is 2.43. The first-order valence-corrected chi connectivity index (χ1v) is 6.44. The highest BCUT2D eigenvalue weighted by Gasteiger charge is 2.61. The van der Waals surface area contributed by atoms with Crippen molar-refractivity contribution in [2.75, 3.05) is 19.7 Å². The maximum atomic E-state index is 13.2. The highest BCUT2D eigenvalue weighted by atomic mass is 19.4. The number of alkyl halides is 3. The Bertz CT molecular complexity index is 313. The zero-order valence-corrected chi connectivity index (χ0v) is 11.2. The molecule has 2 atom stereocenters. The van der Waals surface area contributed by atoms with Crippen LogP contribution in [0.1, 0.15) is 26.7 Å². The topological polar surface area (TPSA) is 61.4 Å². The summed E-state index contributed by atoms with van der Waals surface area (Å²) in [6.07, 6.45) is -4.56. The quantitative estimate of drug-likeness (QED) is 0.706. The van der Waals surface area contributed by atoms with Crippen molar-refractivity contribution >= 4 is 5.91 Å². The number of carbonyl (C=O) groups is 1. The number of rotatable bonds is 5. The van der Waals surface area contributed by atoms with Crippen LogP contribution in [0, 0.1) is 11.3 Å². The second-order valence-corrected chi connectivity index (χ2v) is 5.34. The van der Waals surface area contributed by atoms with Crippen LogP contribution in [0.4, 0.5) is 13.2 Å². The third-order valence-corrected chi connectivity index (χ3v) is 3.69. The molecule has 0 bridgehead atoms. The molecule has 0 aromatic carbocycles. The van der Waals surface area contributed by atoms with Gasteiger partial charge >= 0.3 is 6.18 Å². The van der Waals surface area contributed by atoms with Gasteiger partial charge in [0.2, 0.25) is 5.91 Å². The Morgan fingerprint density at radius 3 is 2.47 bits per heavy atom. The molecule has 1 amide bonds. The van der Waals surface area contributed by atoms with Gasteiger partial charge in [0, 0.05) is 19.2 Å². The van der Waals surface area contributed by atoms with Gasteiger partial charge in [0.1, 0.15) is 0 Å². The average Bonchev–Trinajstić information content (AvgIpc) is 2.77. The molecule has 1 aliphatic heterocycles. The molecule has 3 N–H and O–H groups in total. The van der Waals surface area contributed by atoms with Crippen LogP contribution in [0.3, 0.4) is 0 Å². The minimum atomic E-state index is -4.57. The molecule has 7 heteroatoms. The second kappa shape index (κ2) is 6.09. The summed E-state index contributed by atoms with van der Waals surface area (Å²) in [5.74, 6) is -1.02. The van der Waals surface area contributed by atoms with Crippen LogP contribution >= 0.6 is 0 Å². The fraction of sp³-hybridized carbons (Fsp3) is 0.917. The third-order valence-electron chi connectivity index (χ3n) is 3.69. The number of nitrogens with one attached hydrogen (secondary N) is 2. The summed E-state index contributed by atoms with van der Waals surface area (Å²) in [4.78, 5) is 12.1. The zero-order chi connectivity index (χ0) is 14.7. The Labute approximate surface area is 110 Å². The number of hydrogen-bond acceptors (Lipinski definition) is 3. The molecule has 1 fully saturated rings. The molecular weight excluding hydrogens is 261 g/mol. The molecule has 112 valence electrons. The molecule has 1 saturated heterocycles. The predicted molar refractivity (Wildman–Crippen MR) is 64.4 cm³/mol. The summed E-state index contributed by atoms with van der Waals surface area (Å²) in [5.41, 5.74) is -2.34. The van der Waals surface area contributed by atoms with E-state index < -0.39 is 23.5 Å². The van der Waals surface area contributed by atoms with Gasteiger partial charge in [-0.3, -0.25) is 4.79 Å². The fourth-order valence-corrected chi connectivity index (χ4v) is 2.27. The Hall–Kier alpha value is -0.820. The molecule has 2 unspecified atom stereocenters. The van der Waals surface area contributed by atoms with Crippen molar-refractivity contribution in [2.24, 2.45) is 11.3 Å². The third kappa shape index (κ3) is 3.39. The Balaban J connectivity index is 2.84. The first kappa shape index (κ1) is 16.2. The van der Waals surface area contributed by atoms with E-state index in [2.05, 4.69) is 10.6 Å². The first-order valence-electron chi connectivity index (χ1n) is 6.44. The Morgan fingerprint density at radius 2 is 2.11 bits per heavy atom. The first-order chi connectivity index (χ1) is 8.74. The van der Waals surface area contributed by atoms with Gasteiger partial charge in [-0.15, -0.1) is 0 Å². The molecule has 0 aliphatic carbocycles. The van der Waals surface area contributed by atoms with Crippen molar-refractivity contribution < 1.29 is 23.1 Å². The largest absolute Gasteiger partial charge is 0.404 e. The molecule has 0 saturated carbocycles. The highest BCUT2D eigenvalue weighted by molar-refractivity contribution is 5.84. The monoisotopic (exact) mass is 282 g/mol. The molecule has 0 aromatic rings. The van der Waals surface area contributed by atoms with Gasteiger partial charge < -0.3 is 15.7 Å². The summed E-state index contributed by atoms with van der Waals surface area (Å²) in [6, 6.07) is -0.447. The number of hydrogen-bond donors (Lipinski definition) is 3. The van der Waals surface area contributed by atoms with Crippen LogP contribution in [-0.4, -0.2) is 42.9 Å². The van der Waals surface area contributed by atoms with Crippen molar-refractivity contribution in [3.05, 3.63) is 0 Å². The molecule has 0 aromatic heterocycles. The second-order valence-electron chi connectivity index (χ2n) is 5.34. The number of halogens is 3. The molecule has 1 rings (SSSR count). The van der Waals surface area contributed by atoms with Crippen LogP contribution in [0.2, 0.25) is 0 Å². The molecule has 4 nitrogen and oxygen atoms in total. The Morgan fingerprint density at radius 1 is 1.47 bits per heavy atom. The number of aliphatic hydroxyl groups excluding tert-OH is 1. The maximum absolute atomic E-state index is 13.2. The van der Waals surface area contributed by atoms with Gasteiger partial charge in [-0.05, 0) is 25.3 Å². The summed E-state index contributed by atoms with van der Waals surface area (Å²) in [7, 11) is 0. The van der Waals surface area contributed by atoms with Crippen molar-refractivity contribution in [1.82, 2.24) is 10.6 Å². The van der Waals surface area contributed by atoms with E-state index in [4.69, 9.17) is 5.11 Å². The Kier molecular flexibility index (Phi) is 5.20. The lowest BCUT2D eigenvalue weighted by atomic mass is 9.84. The van der Waals surface area contributed by atoms with Gasteiger partial charge in [-0.1, -0.05) is 13.8 Å². The summed E-state index contributed by atoms with van der Waals surface area (Å²) < 4.78 is 39.5. The van der Waals surface area contributed by atoms with Gasteiger partial charge in [0.05, 0.1) is 0 Å². The lowest BCUT2D eigenvalue weighted by Gasteiger charge is -2.32. The number of amides is 1. The molecule has 0 radical (unpaired) electrons. The fourth-order valence-electron chi connectivity index (χ4n) is 2.27. The van der Waals surface area contributed by atoms with Gasteiger partial charge in [-0.25, -0.2) is 0 Å². The standard InChI is InChI=1S/C12H21F3N2O2/c1-8(2)9(3-6-18)17-10(19)11(12(13,14)15)4-5-16-7-11/h8-9,16,18H,3-7H2,1-2H3,(H,17,19). The predicted octanol–water partition coefficient (Wildman–Crippen LogP) is 1.05. The molecule has 0 spiro atoms. The van der Waals surface area contributed by atoms with Crippen LogP contribution in [0.5, 0.6) is 0 Å². The van der Waals surface area contributed by atoms with Crippen LogP contribution in [0.25, 0.3) is 0 Å². The smallest absolute Gasteiger partial charge is 0.396 e. The lowest BCUT2D eigenvalue weighted by Crippen LogP contribution is -2.55. The van der Waals surface area contributed by atoms with Crippen molar-refractivity contribution in [2.45, 2.75) is 38.9 Å². The molecule has 19 heavy (non-hydrogen) atoms. The average molecular weight is 282 g/mol. The number of carbonyl (C=O) groups excluding carboxylic acids is 1. The summed E-state index contributed by atoms with van der Waals surface area (Å²) >= 11 is 0. The van der Waals surface area contributed by atoms with Crippen molar-refractivity contribution in [3.63, 3.8) is 0 Å². The van der Waals surface area contributed by atoms with Crippen molar-refractivity contribution in [3.8, 4) is 0 Å². The van der Waals surface area contributed by atoms with E-state index in [1.54, 1.807) is 13.8 Å². The summed E-state index contributed by atoms with van der Waals surface area (Å²) in [6.45, 7) is 3.23. The van der Waals surface area contributed by atoms with E-state index in [9.17, 15) is 18.0 Å². The summed E-state index contributed by atoms with van der Waals surface area (Å²) in [5, 5.41) is 14.0. The van der Waals surface area contributed by atoms with Crippen LogP contribution in [0.15, 0.2) is 0 Å². The maximum Gasteiger partial charge on any atom is 0.404 e.